The first-order chi connectivity index (χ1) is 7.92. The molecule has 0 radical (unpaired) electrons. The van der Waals surface area contributed by atoms with Crippen LogP contribution >= 0.6 is 0 Å². The van der Waals surface area contributed by atoms with Crippen LogP contribution in [0.3, 0.4) is 0 Å². The van der Waals surface area contributed by atoms with Crippen LogP contribution < -0.4 is 8.70 Å². The summed E-state index contributed by atoms with van der Waals surface area (Å²) in [7, 11) is 0. The third kappa shape index (κ3) is 2.57. The quantitative estimate of drug-likeness (QED) is 0.576. The normalized spacial score (nSPS) is 9.62. The predicted octanol–water partition coefficient (Wildman–Crippen LogP) is 1.86. The maximum atomic E-state index is 3.41. The zero-order chi connectivity index (χ0) is 11.2. The second kappa shape index (κ2) is 5.59. The molecule has 0 spiro atoms. The molecular formula is C15H13As. The van der Waals surface area contributed by atoms with Crippen molar-refractivity contribution < 1.29 is 0 Å². The summed E-state index contributed by atoms with van der Waals surface area (Å²) < 4.78 is 6.21. The Hall–Kier alpha value is -1.44. The predicted molar refractivity (Wildman–Crippen MR) is 71.4 cm³/mol. The number of hydrogen-bond acceptors (Lipinski definition) is 0. The van der Waals surface area contributed by atoms with E-state index in [9.17, 15) is 0 Å². The molecule has 0 heterocycles. The summed E-state index contributed by atoms with van der Waals surface area (Å²) in [5, 5.41) is 0. The van der Waals surface area contributed by atoms with Gasteiger partial charge in [-0.1, -0.05) is 0 Å². The number of hydrogen-bond donors (Lipinski definition) is 0. The Bertz CT molecular complexity index is 452. The van der Waals surface area contributed by atoms with Crippen molar-refractivity contribution in [2.45, 2.75) is 6.92 Å². The van der Waals surface area contributed by atoms with Crippen LogP contribution in [0.1, 0.15) is 6.92 Å². The van der Waals surface area contributed by atoms with Crippen LogP contribution in [-0.4, -0.2) is 14.7 Å². The van der Waals surface area contributed by atoms with Crippen LogP contribution in [-0.2, 0) is 0 Å². The van der Waals surface area contributed by atoms with E-state index in [0.717, 1.165) is 0 Å². The second-order valence-corrected chi connectivity index (χ2v) is 7.41. The summed E-state index contributed by atoms with van der Waals surface area (Å²) in [6.07, 6.45) is 0. The summed E-state index contributed by atoms with van der Waals surface area (Å²) >= 11 is -1.39. The van der Waals surface area contributed by atoms with E-state index in [-0.39, 0.29) is 0 Å². The van der Waals surface area contributed by atoms with Gasteiger partial charge in [0.1, 0.15) is 0 Å². The molecule has 1 heteroatoms. The molecule has 0 atom stereocenters. The average molecular weight is 268 g/mol. The molecule has 0 aromatic heterocycles. The molecule has 78 valence electrons. The van der Waals surface area contributed by atoms with Gasteiger partial charge in [-0.05, 0) is 0 Å². The Morgan fingerprint density at radius 3 is 1.56 bits per heavy atom. The van der Waals surface area contributed by atoms with E-state index >= 15 is 0 Å². The van der Waals surface area contributed by atoms with Crippen molar-refractivity contribution in [2.24, 2.45) is 0 Å². The third-order valence-corrected chi connectivity index (χ3v) is 6.61. The fourth-order valence-electron chi connectivity index (χ4n) is 1.54. The Morgan fingerprint density at radius 2 is 1.19 bits per heavy atom. The van der Waals surface area contributed by atoms with Gasteiger partial charge >= 0.3 is 102 Å². The van der Waals surface area contributed by atoms with Crippen LogP contribution in [0.25, 0.3) is 0 Å². The molecule has 0 saturated heterocycles. The van der Waals surface area contributed by atoms with Gasteiger partial charge in [-0.3, -0.25) is 0 Å². The Morgan fingerprint density at radius 1 is 0.750 bits per heavy atom. The van der Waals surface area contributed by atoms with Gasteiger partial charge in [-0.2, -0.15) is 0 Å². The third-order valence-electron chi connectivity index (χ3n) is 2.25. The van der Waals surface area contributed by atoms with Crippen LogP contribution in [0.15, 0.2) is 60.7 Å². The van der Waals surface area contributed by atoms with Gasteiger partial charge in [0.25, 0.3) is 0 Å². The summed E-state index contributed by atoms with van der Waals surface area (Å²) in [6.45, 7) is 1.92. The average Bonchev–Trinajstić information content (AvgIpc) is 2.38. The van der Waals surface area contributed by atoms with Crippen molar-refractivity contribution in [1.82, 2.24) is 0 Å². The zero-order valence-corrected chi connectivity index (χ0v) is 11.1. The Labute approximate surface area is 102 Å². The fraction of sp³-hybridized carbons (Fsp3) is 0.0667. The van der Waals surface area contributed by atoms with Gasteiger partial charge in [0.05, 0.1) is 0 Å². The molecule has 0 aliphatic carbocycles. The fourth-order valence-corrected chi connectivity index (χ4v) is 5.15. The first-order valence-electron chi connectivity index (χ1n) is 5.24. The molecule has 0 aliphatic rings. The molecule has 2 rings (SSSR count). The van der Waals surface area contributed by atoms with Crippen molar-refractivity contribution in [2.75, 3.05) is 0 Å². The monoisotopic (exact) mass is 268 g/mol. The van der Waals surface area contributed by atoms with Crippen LogP contribution in [0.2, 0.25) is 0 Å². The standard InChI is InChI=1S/C15H13As/c1-2-13-16(14-9-5-3-6-10-14)15-11-7-4-8-12-15/h3-12H,1H3. The maximum absolute atomic E-state index is 3.41. The first kappa shape index (κ1) is 11.1. The van der Waals surface area contributed by atoms with Gasteiger partial charge in [0.2, 0.25) is 0 Å². The minimum absolute atomic E-state index is 1.39. The van der Waals surface area contributed by atoms with E-state index in [1.165, 1.54) is 8.70 Å². The van der Waals surface area contributed by atoms with Gasteiger partial charge in [-0.15, -0.1) is 0 Å². The van der Waals surface area contributed by atoms with Crippen LogP contribution in [0, 0.1) is 10.6 Å². The van der Waals surface area contributed by atoms with Crippen molar-refractivity contribution in [3.63, 3.8) is 0 Å². The Kier molecular flexibility index (Phi) is 3.86. The summed E-state index contributed by atoms with van der Waals surface area (Å²) in [5.74, 6) is 3.08. The number of benzene rings is 2. The van der Waals surface area contributed by atoms with Crippen LogP contribution in [0.4, 0.5) is 0 Å². The van der Waals surface area contributed by atoms with Crippen molar-refractivity contribution in [1.29, 1.82) is 0 Å². The van der Waals surface area contributed by atoms with Gasteiger partial charge < -0.3 is 0 Å². The molecule has 2 aromatic carbocycles. The molecule has 0 nitrogen and oxygen atoms in total. The molecule has 2 aromatic rings. The second-order valence-electron chi connectivity index (χ2n) is 3.37. The zero-order valence-electron chi connectivity index (χ0n) is 9.22. The molecule has 0 saturated carbocycles. The summed E-state index contributed by atoms with van der Waals surface area (Å²) in [5.41, 5.74) is 0. The van der Waals surface area contributed by atoms with E-state index in [2.05, 4.69) is 71.3 Å². The van der Waals surface area contributed by atoms with Crippen LogP contribution in [0.5, 0.6) is 0 Å². The summed E-state index contributed by atoms with van der Waals surface area (Å²) in [4.78, 5) is 0. The van der Waals surface area contributed by atoms with E-state index in [1.807, 2.05) is 6.92 Å². The van der Waals surface area contributed by atoms with Crippen molar-refractivity contribution in [3.8, 4) is 10.6 Å². The van der Waals surface area contributed by atoms with Gasteiger partial charge in [-0.25, -0.2) is 0 Å². The minimum atomic E-state index is -1.39. The molecule has 16 heavy (non-hydrogen) atoms. The Balaban J connectivity index is 2.42. The van der Waals surface area contributed by atoms with Crippen molar-refractivity contribution in [3.05, 3.63) is 60.7 Å². The molecule has 0 bridgehead atoms. The molecule has 0 unspecified atom stereocenters. The van der Waals surface area contributed by atoms with E-state index < -0.39 is 14.7 Å². The first-order valence-corrected chi connectivity index (χ1v) is 8.06. The topological polar surface area (TPSA) is 0 Å². The summed E-state index contributed by atoms with van der Waals surface area (Å²) in [6, 6.07) is 21.3. The number of rotatable bonds is 2. The van der Waals surface area contributed by atoms with Gasteiger partial charge in [0, 0.05) is 0 Å². The molecule has 0 N–H and O–H groups in total. The van der Waals surface area contributed by atoms with Crippen molar-refractivity contribution >= 4 is 23.4 Å². The molecule has 0 aliphatic heterocycles. The molecule has 0 amide bonds. The SMILES string of the molecule is CC#C[As](c1ccccc1)c1ccccc1. The molecular weight excluding hydrogens is 255 g/mol. The van der Waals surface area contributed by atoms with E-state index in [1.54, 1.807) is 0 Å². The van der Waals surface area contributed by atoms with Gasteiger partial charge in [0.15, 0.2) is 0 Å². The van der Waals surface area contributed by atoms with E-state index in [4.69, 9.17) is 0 Å². The molecule has 0 fully saturated rings. The van der Waals surface area contributed by atoms with E-state index in [0.29, 0.717) is 0 Å².